The molecule has 2 fully saturated rings. The molecule has 2 saturated carbocycles. The van der Waals surface area contributed by atoms with Crippen LogP contribution in [0.5, 0.6) is 0 Å². The van der Waals surface area contributed by atoms with Crippen LogP contribution in [0.1, 0.15) is 80.9 Å². The first-order valence-corrected chi connectivity index (χ1v) is 8.79. The molecule has 2 aliphatic carbocycles. The van der Waals surface area contributed by atoms with Gasteiger partial charge in [0.2, 0.25) is 0 Å². The summed E-state index contributed by atoms with van der Waals surface area (Å²) < 4.78 is 0. The van der Waals surface area contributed by atoms with Gasteiger partial charge in [-0.2, -0.15) is 0 Å². The third-order valence-electron chi connectivity index (χ3n) is 5.63. The van der Waals surface area contributed by atoms with Gasteiger partial charge in [0.15, 0.2) is 0 Å². The van der Waals surface area contributed by atoms with Crippen LogP contribution in [0.25, 0.3) is 6.08 Å². The minimum atomic E-state index is -0.725. The van der Waals surface area contributed by atoms with E-state index < -0.39 is 11.2 Å². The Morgan fingerprint density at radius 3 is 1.50 bits per heavy atom. The van der Waals surface area contributed by atoms with Gasteiger partial charge in [-0.25, -0.2) is 0 Å². The zero-order valence-corrected chi connectivity index (χ0v) is 13.5. The monoisotopic (exact) mass is 300 g/mol. The van der Waals surface area contributed by atoms with Crippen LogP contribution in [0.4, 0.5) is 0 Å². The van der Waals surface area contributed by atoms with Gasteiger partial charge in [-0.1, -0.05) is 57.2 Å². The molecule has 1 aromatic rings. The van der Waals surface area contributed by atoms with Crippen molar-refractivity contribution in [3.8, 4) is 0 Å². The van der Waals surface area contributed by atoms with Crippen LogP contribution in [0.3, 0.4) is 0 Å². The summed E-state index contributed by atoms with van der Waals surface area (Å²) in [6.45, 7) is 3.89. The number of rotatable bonds is 3. The quantitative estimate of drug-likeness (QED) is 0.854. The van der Waals surface area contributed by atoms with Crippen molar-refractivity contribution in [2.24, 2.45) is 0 Å². The Balaban J connectivity index is 2.00. The smallest absolute Gasteiger partial charge is 0.0896 e. The maximum atomic E-state index is 11.1. The molecular weight excluding hydrogens is 272 g/mol. The standard InChI is InChI=1S/C20H28O2/c1-2-16-13-17(19(21)9-5-3-6-10-19)15-18(14-16)20(22)11-7-4-8-12-20/h2,13-15,21-22H,1,3-12H2. The zero-order chi connectivity index (χ0) is 15.6. The molecule has 0 spiro atoms. The summed E-state index contributed by atoms with van der Waals surface area (Å²) >= 11 is 0. The van der Waals surface area contributed by atoms with E-state index in [1.54, 1.807) is 0 Å². The van der Waals surface area contributed by atoms with Crippen molar-refractivity contribution in [1.29, 1.82) is 0 Å². The lowest BCUT2D eigenvalue weighted by atomic mass is 9.75. The SMILES string of the molecule is C=Cc1cc(C2(O)CCCCC2)cc(C2(O)CCCCC2)c1. The van der Waals surface area contributed by atoms with Gasteiger partial charge in [0.05, 0.1) is 11.2 Å². The van der Waals surface area contributed by atoms with E-state index in [1.165, 1.54) is 12.8 Å². The number of aliphatic hydroxyl groups is 2. The molecule has 2 heteroatoms. The molecule has 0 saturated heterocycles. The van der Waals surface area contributed by atoms with Gasteiger partial charge in [-0.3, -0.25) is 0 Å². The zero-order valence-electron chi connectivity index (χ0n) is 13.5. The maximum absolute atomic E-state index is 11.1. The lowest BCUT2D eigenvalue weighted by molar-refractivity contribution is -0.00684. The van der Waals surface area contributed by atoms with Crippen LogP contribution in [0.15, 0.2) is 24.8 Å². The van der Waals surface area contributed by atoms with Gasteiger partial charge < -0.3 is 10.2 Å². The molecule has 0 atom stereocenters. The third kappa shape index (κ3) is 3.00. The van der Waals surface area contributed by atoms with Gasteiger partial charge in [0.1, 0.15) is 0 Å². The van der Waals surface area contributed by atoms with Gasteiger partial charge >= 0.3 is 0 Å². The van der Waals surface area contributed by atoms with Crippen molar-refractivity contribution >= 4 is 6.08 Å². The average Bonchev–Trinajstić information content (AvgIpc) is 2.56. The molecule has 3 rings (SSSR count). The van der Waals surface area contributed by atoms with Gasteiger partial charge in [0, 0.05) is 0 Å². The second-order valence-corrected chi connectivity index (χ2v) is 7.23. The minimum absolute atomic E-state index is 0.725. The van der Waals surface area contributed by atoms with Gasteiger partial charge in [0.25, 0.3) is 0 Å². The highest BCUT2D eigenvalue weighted by molar-refractivity contribution is 5.52. The Morgan fingerprint density at radius 2 is 1.14 bits per heavy atom. The Kier molecular flexibility index (Phi) is 4.42. The molecule has 22 heavy (non-hydrogen) atoms. The summed E-state index contributed by atoms with van der Waals surface area (Å²) in [6.07, 6.45) is 11.9. The molecule has 2 nitrogen and oxygen atoms in total. The van der Waals surface area contributed by atoms with Crippen molar-refractivity contribution in [1.82, 2.24) is 0 Å². The molecule has 0 heterocycles. The summed E-state index contributed by atoms with van der Waals surface area (Å²) in [4.78, 5) is 0. The first-order chi connectivity index (χ1) is 10.6. The Hall–Kier alpha value is -1.12. The molecule has 2 N–H and O–H groups in total. The highest BCUT2D eigenvalue weighted by Gasteiger charge is 2.35. The maximum Gasteiger partial charge on any atom is 0.0896 e. The van der Waals surface area contributed by atoms with E-state index in [9.17, 15) is 10.2 Å². The number of benzene rings is 1. The predicted octanol–water partition coefficient (Wildman–Crippen LogP) is 4.63. The highest BCUT2D eigenvalue weighted by Crippen LogP contribution is 2.42. The number of hydrogen-bond acceptors (Lipinski definition) is 2. The molecule has 0 amide bonds. The first kappa shape index (κ1) is 15.8. The lowest BCUT2D eigenvalue weighted by Crippen LogP contribution is -2.31. The number of hydrogen-bond donors (Lipinski definition) is 2. The molecule has 120 valence electrons. The van der Waals surface area contributed by atoms with Crippen molar-refractivity contribution in [2.45, 2.75) is 75.4 Å². The highest BCUT2D eigenvalue weighted by atomic mass is 16.3. The summed E-state index contributed by atoms with van der Waals surface area (Å²) in [5, 5.41) is 22.1. The summed E-state index contributed by atoms with van der Waals surface area (Å²) in [5.74, 6) is 0. The Bertz CT molecular complexity index is 492. The van der Waals surface area contributed by atoms with E-state index in [0.29, 0.717) is 0 Å². The fraction of sp³-hybridized carbons (Fsp3) is 0.600. The largest absolute Gasteiger partial charge is 0.385 e. The van der Waals surface area contributed by atoms with Crippen LogP contribution in [0.2, 0.25) is 0 Å². The van der Waals surface area contributed by atoms with E-state index in [4.69, 9.17) is 0 Å². The van der Waals surface area contributed by atoms with E-state index in [2.05, 4.69) is 12.6 Å². The van der Waals surface area contributed by atoms with Crippen LogP contribution in [-0.2, 0) is 11.2 Å². The minimum Gasteiger partial charge on any atom is -0.385 e. The molecular formula is C20H28O2. The second kappa shape index (κ2) is 6.17. The lowest BCUT2D eigenvalue weighted by Gasteiger charge is -2.36. The molecule has 0 unspecified atom stereocenters. The molecule has 2 aliphatic rings. The van der Waals surface area contributed by atoms with Crippen LogP contribution in [-0.4, -0.2) is 10.2 Å². The molecule has 1 aromatic carbocycles. The third-order valence-corrected chi connectivity index (χ3v) is 5.63. The fourth-order valence-corrected chi connectivity index (χ4v) is 4.16. The first-order valence-electron chi connectivity index (χ1n) is 8.79. The molecule has 0 bridgehead atoms. The summed E-state index contributed by atoms with van der Waals surface area (Å²) in [7, 11) is 0. The van der Waals surface area contributed by atoms with Gasteiger partial charge in [-0.05, 0) is 54.5 Å². The second-order valence-electron chi connectivity index (χ2n) is 7.23. The normalized spacial score (nSPS) is 23.9. The van der Waals surface area contributed by atoms with Crippen LogP contribution < -0.4 is 0 Å². The van der Waals surface area contributed by atoms with E-state index in [0.717, 1.165) is 68.1 Å². The molecule has 0 aromatic heterocycles. The molecule has 0 aliphatic heterocycles. The van der Waals surface area contributed by atoms with Crippen molar-refractivity contribution in [3.05, 3.63) is 41.5 Å². The Labute approximate surface area is 133 Å². The van der Waals surface area contributed by atoms with E-state index in [1.807, 2.05) is 18.2 Å². The summed E-state index contributed by atoms with van der Waals surface area (Å²) in [6, 6.07) is 6.16. The van der Waals surface area contributed by atoms with Crippen LogP contribution in [0, 0.1) is 0 Å². The van der Waals surface area contributed by atoms with E-state index in [-0.39, 0.29) is 0 Å². The summed E-state index contributed by atoms with van der Waals surface area (Å²) in [5.41, 5.74) is 1.50. The van der Waals surface area contributed by atoms with Crippen LogP contribution >= 0.6 is 0 Å². The topological polar surface area (TPSA) is 40.5 Å². The van der Waals surface area contributed by atoms with E-state index >= 15 is 0 Å². The van der Waals surface area contributed by atoms with Gasteiger partial charge in [-0.15, -0.1) is 0 Å². The fourth-order valence-electron chi connectivity index (χ4n) is 4.16. The predicted molar refractivity (Wildman–Crippen MR) is 90.5 cm³/mol. The Morgan fingerprint density at radius 1 is 0.727 bits per heavy atom. The van der Waals surface area contributed by atoms with Crippen molar-refractivity contribution in [2.75, 3.05) is 0 Å². The molecule has 0 radical (unpaired) electrons. The van der Waals surface area contributed by atoms with Crippen molar-refractivity contribution < 1.29 is 10.2 Å². The average molecular weight is 300 g/mol. The van der Waals surface area contributed by atoms with Crippen molar-refractivity contribution in [3.63, 3.8) is 0 Å².